The molecule has 0 fully saturated rings. The molecule has 4 rings (SSSR count). The lowest BCUT2D eigenvalue weighted by molar-refractivity contribution is -0.144. The number of nitrogens with zero attached hydrogens (tertiary/aromatic N) is 7. The van der Waals surface area contributed by atoms with Gasteiger partial charge in [0.25, 0.3) is 5.91 Å². The Morgan fingerprint density at radius 2 is 1.88 bits per heavy atom. The Kier molecular flexibility index (Phi) is 5.80. The van der Waals surface area contributed by atoms with Crippen LogP contribution in [0.25, 0.3) is 5.82 Å². The zero-order chi connectivity index (χ0) is 23.6. The van der Waals surface area contributed by atoms with Crippen LogP contribution in [0.1, 0.15) is 27.2 Å². The van der Waals surface area contributed by atoms with Gasteiger partial charge in [0.15, 0.2) is 11.5 Å². The van der Waals surface area contributed by atoms with Crippen molar-refractivity contribution < 1.29 is 18.0 Å². The van der Waals surface area contributed by atoms with E-state index in [1.165, 1.54) is 24.7 Å². The summed E-state index contributed by atoms with van der Waals surface area (Å²) in [7, 11) is 0. The summed E-state index contributed by atoms with van der Waals surface area (Å²) in [6, 6.07) is 9.53. The third kappa shape index (κ3) is 4.53. The predicted octanol–water partition coefficient (Wildman–Crippen LogP) is 3.70. The molecule has 0 saturated heterocycles. The molecule has 0 aliphatic rings. The van der Waals surface area contributed by atoms with Crippen LogP contribution in [0.15, 0.2) is 55.1 Å². The van der Waals surface area contributed by atoms with E-state index >= 15 is 0 Å². The van der Waals surface area contributed by atoms with Crippen LogP contribution < -0.4 is 5.32 Å². The molecule has 0 atom stereocenters. The molecule has 0 unspecified atom stereocenters. The van der Waals surface area contributed by atoms with Crippen molar-refractivity contribution in [2.75, 3.05) is 5.32 Å². The lowest BCUT2D eigenvalue weighted by Gasteiger charge is -2.13. The highest BCUT2D eigenvalue weighted by Gasteiger charge is 2.40. The maximum absolute atomic E-state index is 13.8. The van der Waals surface area contributed by atoms with Gasteiger partial charge in [-0.1, -0.05) is 29.8 Å². The summed E-state index contributed by atoms with van der Waals surface area (Å²) < 4.78 is 42.2. The summed E-state index contributed by atoms with van der Waals surface area (Å²) in [5, 5.41) is 23.5. The van der Waals surface area contributed by atoms with E-state index in [0.29, 0.717) is 10.2 Å². The van der Waals surface area contributed by atoms with Gasteiger partial charge in [-0.25, -0.2) is 4.98 Å². The van der Waals surface area contributed by atoms with Gasteiger partial charge in [0, 0.05) is 5.02 Å². The second-order valence-electron chi connectivity index (χ2n) is 6.63. The molecule has 9 nitrogen and oxygen atoms in total. The minimum absolute atomic E-state index is 0.00876. The molecule has 0 bridgehead atoms. The summed E-state index contributed by atoms with van der Waals surface area (Å²) in [4.78, 5) is 17.8. The van der Waals surface area contributed by atoms with Gasteiger partial charge in [-0.3, -0.25) is 9.48 Å². The highest BCUT2D eigenvalue weighted by molar-refractivity contribution is 6.31. The standard InChI is InChI=1S/C20H12ClF3N8O/c21-16-4-2-1-3-12(16)11-31-17(20(22,23)24)15(10-29-31)19(33)30-14-7-13(8-25)18(26-9-14)32-27-5-6-28-32/h1-7,9-10H,11H2,(H,30,33). The molecule has 4 aromatic rings. The first-order chi connectivity index (χ1) is 15.8. The molecule has 0 spiro atoms. The molecule has 1 N–H and O–H groups in total. The average Bonchev–Trinajstić information content (AvgIpc) is 3.45. The van der Waals surface area contributed by atoms with Crippen LogP contribution in [0.2, 0.25) is 5.02 Å². The van der Waals surface area contributed by atoms with Gasteiger partial charge in [0.1, 0.15) is 11.6 Å². The number of carbonyl (C=O) groups is 1. The van der Waals surface area contributed by atoms with E-state index in [1.807, 2.05) is 6.07 Å². The molecule has 3 aromatic heterocycles. The summed E-state index contributed by atoms with van der Waals surface area (Å²) in [6.45, 7) is -0.284. The molecular weight excluding hydrogens is 461 g/mol. The zero-order valence-electron chi connectivity index (χ0n) is 16.5. The third-order valence-electron chi connectivity index (χ3n) is 4.48. The van der Waals surface area contributed by atoms with Gasteiger partial charge in [-0.2, -0.15) is 33.7 Å². The monoisotopic (exact) mass is 472 g/mol. The highest BCUT2D eigenvalue weighted by Crippen LogP contribution is 2.33. The minimum Gasteiger partial charge on any atom is -0.320 e. The first-order valence-corrected chi connectivity index (χ1v) is 9.60. The number of aromatic nitrogens is 6. The number of pyridine rings is 1. The fourth-order valence-corrected chi connectivity index (χ4v) is 3.24. The van der Waals surface area contributed by atoms with Gasteiger partial charge in [0.05, 0.1) is 42.6 Å². The van der Waals surface area contributed by atoms with Gasteiger partial charge in [-0.15, -0.1) is 4.80 Å². The molecular formula is C20H12ClF3N8O. The van der Waals surface area contributed by atoms with E-state index in [1.54, 1.807) is 24.3 Å². The fraction of sp³-hybridized carbons (Fsp3) is 0.100. The van der Waals surface area contributed by atoms with Crippen molar-refractivity contribution in [2.24, 2.45) is 0 Å². The van der Waals surface area contributed by atoms with Crippen LogP contribution in [0.3, 0.4) is 0 Å². The number of hydrogen-bond acceptors (Lipinski definition) is 6. The number of nitriles is 1. The van der Waals surface area contributed by atoms with Crippen molar-refractivity contribution >= 4 is 23.2 Å². The number of benzene rings is 1. The molecule has 0 aliphatic heterocycles. The van der Waals surface area contributed by atoms with Crippen molar-refractivity contribution in [2.45, 2.75) is 12.7 Å². The van der Waals surface area contributed by atoms with Crippen LogP contribution in [0, 0.1) is 11.3 Å². The first kappa shape index (κ1) is 22.0. The third-order valence-corrected chi connectivity index (χ3v) is 4.85. The summed E-state index contributed by atoms with van der Waals surface area (Å²) in [5.41, 5.74) is -1.49. The number of rotatable bonds is 5. The Hall–Kier alpha value is -4.24. The Morgan fingerprint density at radius 3 is 2.55 bits per heavy atom. The zero-order valence-corrected chi connectivity index (χ0v) is 17.2. The van der Waals surface area contributed by atoms with E-state index in [2.05, 4.69) is 25.6 Å². The number of halogens is 4. The van der Waals surface area contributed by atoms with E-state index in [9.17, 15) is 23.2 Å². The SMILES string of the molecule is N#Cc1cc(NC(=O)c2cnn(Cc3ccccc3Cl)c2C(F)(F)F)cnc1-n1nccn1. The molecule has 0 radical (unpaired) electrons. The molecule has 33 heavy (non-hydrogen) atoms. The molecule has 3 heterocycles. The minimum atomic E-state index is -4.86. The largest absolute Gasteiger partial charge is 0.433 e. The van der Waals surface area contributed by atoms with Gasteiger partial charge in [-0.05, 0) is 17.7 Å². The first-order valence-electron chi connectivity index (χ1n) is 9.22. The van der Waals surface area contributed by atoms with E-state index in [0.717, 1.165) is 11.0 Å². The molecule has 13 heteroatoms. The van der Waals surface area contributed by atoms with E-state index in [4.69, 9.17) is 11.6 Å². The maximum Gasteiger partial charge on any atom is 0.433 e. The lowest BCUT2D eigenvalue weighted by atomic mass is 10.2. The van der Waals surface area contributed by atoms with Crippen molar-refractivity contribution in [3.8, 4) is 11.9 Å². The Bertz CT molecular complexity index is 1360. The van der Waals surface area contributed by atoms with Crippen molar-refractivity contribution in [3.05, 3.63) is 82.5 Å². The quantitative estimate of drug-likeness (QED) is 0.473. The van der Waals surface area contributed by atoms with E-state index in [-0.39, 0.29) is 28.6 Å². The maximum atomic E-state index is 13.8. The molecule has 1 aromatic carbocycles. The molecule has 0 saturated carbocycles. The summed E-state index contributed by atoms with van der Waals surface area (Å²) in [5.74, 6) is -0.965. The average molecular weight is 473 g/mol. The lowest BCUT2D eigenvalue weighted by Crippen LogP contribution is -2.22. The number of hydrogen-bond donors (Lipinski definition) is 1. The van der Waals surface area contributed by atoms with Crippen LogP contribution in [-0.4, -0.2) is 35.7 Å². The van der Waals surface area contributed by atoms with Gasteiger partial charge in [0.2, 0.25) is 0 Å². The van der Waals surface area contributed by atoms with E-state index < -0.39 is 23.3 Å². The van der Waals surface area contributed by atoms with Crippen LogP contribution in [0.5, 0.6) is 0 Å². The normalized spacial score (nSPS) is 11.2. The van der Waals surface area contributed by atoms with Gasteiger partial charge < -0.3 is 5.32 Å². The van der Waals surface area contributed by atoms with Crippen molar-refractivity contribution in [3.63, 3.8) is 0 Å². The molecule has 0 aliphatic carbocycles. The second-order valence-corrected chi connectivity index (χ2v) is 7.04. The van der Waals surface area contributed by atoms with Crippen LogP contribution in [0.4, 0.5) is 18.9 Å². The smallest absolute Gasteiger partial charge is 0.320 e. The number of alkyl halides is 3. The topological polar surface area (TPSA) is 114 Å². The van der Waals surface area contributed by atoms with Crippen LogP contribution in [-0.2, 0) is 12.7 Å². The van der Waals surface area contributed by atoms with Crippen LogP contribution >= 0.6 is 11.6 Å². The number of amides is 1. The Morgan fingerprint density at radius 1 is 1.15 bits per heavy atom. The summed E-state index contributed by atoms with van der Waals surface area (Å²) >= 11 is 6.05. The number of carbonyl (C=O) groups excluding carboxylic acids is 1. The van der Waals surface area contributed by atoms with Gasteiger partial charge >= 0.3 is 6.18 Å². The highest BCUT2D eigenvalue weighted by atomic mass is 35.5. The van der Waals surface area contributed by atoms with Crippen molar-refractivity contribution in [1.82, 2.24) is 29.8 Å². The second kappa shape index (κ2) is 8.71. The predicted molar refractivity (Wildman–Crippen MR) is 110 cm³/mol. The fourth-order valence-electron chi connectivity index (χ4n) is 3.05. The number of nitrogens with one attached hydrogen (secondary N) is 1. The van der Waals surface area contributed by atoms with Crippen molar-refractivity contribution in [1.29, 1.82) is 5.26 Å². The Balaban J connectivity index is 1.64. The number of anilines is 1. The summed E-state index contributed by atoms with van der Waals surface area (Å²) in [6.07, 6.45) is -0.0838. The molecule has 166 valence electrons. The Labute approximate surface area is 189 Å². The molecule has 1 amide bonds.